The van der Waals surface area contributed by atoms with Crippen LogP contribution >= 0.6 is 0 Å². The van der Waals surface area contributed by atoms with Crippen LogP contribution in [-0.4, -0.2) is 44.3 Å². The van der Waals surface area contributed by atoms with Gasteiger partial charge >= 0.3 is 0 Å². The summed E-state index contributed by atoms with van der Waals surface area (Å²) in [6.07, 6.45) is 4.72. The first-order valence-corrected chi connectivity index (χ1v) is 7.78. The number of piperidine rings is 1. The molecule has 1 aromatic carbocycles. The fourth-order valence-electron chi connectivity index (χ4n) is 3.11. The van der Waals surface area contributed by atoms with E-state index in [2.05, 4.69) is 35.2 Å². The summed E-state index contributed by atoms with van der Waals surface area (Å²) in [4.78, 5) is 2.52. The van der Waals surface area contributed by atoms with Crippen molar-refractivity contribution in [3.05, 3.63) is 35.9 Å². The maximum Gasteiger partial charge on any atom is 0.0502 e. The van der Waals surface area contributed by atoms with E-state index in [4.69, 9.17) is 10.5 Å². The van der Waals surface area contributed by atoms with Crippen molar-refractivity contribution in [1.29, 1.82) is 0 Å². The topological polar surface area (TPSA) is 38.5 Å². The van der Waals surface area contributed by atoms with Crippen molar-refractivity contribution in [1.82, 2.24) is 4.90 Å². The van der Waals surface area contributed by atoms with Crippen LogP contribution in [0, 0.1) is 5.92 Å². The third-order valence-corrected chi connectivity index (χ3v) is 4.14. The highest BCUT2D eigenvalue weighted by atomic mass is 16.5. The summed E-state index contributed by atoms with van der Waals surface area (Å²) in [5.41, 5.74) is 7.69. The highest BCUT2D eigenvalue weighted by Gasteiger charge is 2.21. The van der Waals surface area contributed by atoms with Crippen LogP contribution in [-0.2, 0) is 11.2 Å². The number of benzene rings is 1. The molecule has 1 heterocycles. The smallest absolute Gasteiger partial charge is 0.0502 e. The average molecular weight is 276 g/mol. The van der Waals surface area contributed by atoms with Gasteiger partial charge in [-0.3, -0.25) is 0 Å². The Morgan fingerprint density at radius 2 is 2.15 bits per heavy atom. The molecule has 2 atom stereocenters. The van der Waals surface area contributed by atoms with Crippen molar-refractivity contribution in [2.24, 2.45) is 11.7 Å². The molecule has 1 aliphatic rings. The highest BCUT2D eigenvalue weighted by molar-refractivity contribution is 5.14. The van der Waals surface area contributed by atoms with E-state index >= 15 is 0 Å². The summed E-state index contributed by atoms with van der Waals surface area (Å²) in [5, 5.41) is 0. The Bertz CT molecular complexity index is 367. The molecule has 2 unspecified atom stereocenters. The number of rotatable bonds is 7. The molecular formula is C17H28N2O. The highest BCUT2D eigenvalue weighted by Crippen LogP contribution is 2.17. The predicted octanol–water partition coefficient (Wildman–Crippen LogP) is 2.30. The molecule has 1 saturated heterocycles. The summed E-state index contributed by atoms with van der Waals surface area (Å²) in [6, 6.07) is 10.9. The Kier molecular flexibility index (Phi) is 6.51. The summed E-state index contributed by atoms with van der Waals surface area (Å²) in [6.45, 7) is 4.24. The number of nitrogens with zero attached hydrogens (tertiary/aromatic N) is 1. The SMILES string of the molecule is COCC1CCCN(CC(N)CCc2ccccc2)C1. The van der Waals surface area contributed by atoms with E-state index < -0.39 is 0 Å². The van der Waals surface area contributed by atoms with Gasteiger partial charge in [-0.1, -0.05) is 30.3 Å². The second kappa shape index (κ2) is 8.40. The minimum atomic E-state index is 0.275. The van der Waals surface area contributed by atoms with Gasteiger partial charge in [-0.05, 0) is 43.7 Å². The van der Waals surface area contributed by atoms with E-state index in [1.54, 1.807) is 7.11 Å². The van der Waals surface area contributed by atoms with Gasteiger partial charge in [-0.25, -0.2) is 0 Å². The molecule has 2 N–H and O–H groups in total. The average Bonchev–Trinajstić information content (AvgIpc) is 2.47. The number of methoxy groups -OCH3 is 1. The van der Waals surface area contributed by atoms with Gasteiger partial charge in [0.25, 0.3) is 0 Å². The molecule has 112 valence electrons. The van der Waals surface area contributed by atoms with Gasteiger partial charge in [0.1, 0.15) is 0 Å². The van der Waals surface area contributed by atoms with Crippen molar-refractivity contribution >= 4 is 0 Å². The van der Waals surface area contributed by atoms with Crippen molar-refractivity contribution in [3.63, 3.8) is 0 Å². The number of hydrogen-bond donors (Lipinski definition) is 1. The normalized spacial score (nSPS) is 21.8. The number of nitrogens with two attached hydrogens (primary N) is 1. The van der Waals surface area contributed by atoms with Crippen LogP contribution in [0.4, 0.5) is 0 Å². The molecule has 0 aliphatic carbocycles. The second-order valence-electron chi connectivity index (χ2n) is 6.01. The van der Waals surface area contributed by atoms with Crippen LogP contribution in [0.25, 0.3) is 0 Å². The third kappa shape index (κ3) is 5.23. The quantitative estimate of drug-likeness (QED) is 0.830. The Labute approximate surface area is 123 Å². The zero-order valence-electron chi connectivity index (χ0n) is 12.6. The summed E-state index contributed by atoms with van der Waals surface area (Å²) in [7, 11) is 1.80. The van der Waals surface area contributed by atoms with Crippen LogP contribution in [0.2, 0.25) is 0 Å². The van der Waals surface area contributed by atoms with Crippen LogP contribution < -0.4 is 5.73 Å². The molecule has 1 fully saturated rings. The van der Waals surface area contributed by atoms with Crippen LogP contribution in [0.3, 0.4) is 0 Å². The monoisotopic (exact) mass is 276 g/mol. The zero-order valence-corrected chi connectivity index (χ0v) is 12.6. The maximum absolute atomic E-state index is 6.30. The molecule has 20 heavy (non-hydrogen) atoms. The first-order valence-electron chi connectivity index (χ1n) is 7.78. The van der Waals surface area contributed by atoms with Gasteiger partial charge in [-0.2, -0.15) is 0 Å². The Balaban J connectivity index is 1.69. The Hall–Kier alpha value is -0.900. The van der Waals surface area contributed by atoms with E-state index in [-0.39, 0.29) is 6.04 Å². The van der Waals surface area contributed by atoms with Crippen molar-refractivity contribution in [2.45, 2.75) is 31.7 Å². The minimum Gasteiger partial charge on any atom is -0.384 e. The largest absolute Gasteiger partial charge is 0.384 e. The fraction of sp³-hybridized carbons (Fsp3) is 0.647. The van der Waals surface area contributed by atoms with E-state index in [0.717, 1.165) is 32.5 Å². The Morgan fingerprint density at radius 3 is 2.90 bits per heavy atom. The van der Waals surface area contributed by atoms with E-state index in [0.29, 0.717) is 5.92 Å². The lowest BCUT2D eigenvalue weighted by Gasteiger charge is -2.34. The standard InChI is InChI=1S/C17H28N2O/c1-20-14-16-8-5-11-19(12-16)13-17(18)10-9-15-6-3-2-4-7-15/h2-4,6-7,16-17H,5,8-14,18H2,1H3. The van der Waals surface area contributed by atoms with Crippen molar-refractivity contribution in [3.8, 4) is 0 Å². The van der Waals surface area contributed by atoms with Crippen LogP contribution in [0.1, 0.15) is 24.8 Å². The van der Waals surface area contributed by atoms with Crippen LogP contribution in [0.15, 0.2) is 30.3 Å². The van der Waals surface area contributed by atoms with Gasteiger partial charge in [-0.15, -0.1) is 0 Å². The zero-order chi connectivity index (χ0) is 14.2. The molecule has 1 aliphatic heterocycles. The lowest BCUT2D eigenvalue weighted by Crippen LogP contribution is -2.44. The molecule has 0 radical (unpaired) electrons. The molecule has 2 rings (SSSR count). The van der Waals surface area contributed by atoms with Crippen molar-refractivity contribution < 1.29 is 4.74 Å². The number of likely N-dealkylation sites (tertiary alicyclic amines) is 1. The molecule has 1 aromatic rings. The first kappa shape index (κ1) is 15.5. The molecule has 3 nitrogen and oxygen atoms in total. The van der Waals surface area contributed by atoms with Gasteiger partial charge in [0.15, 0.2) is 0 Å². The molecular weight excluding hydrogens is 248 g/mol. The summed E-state index contributed by atoms with van der Waals surface area (Å²) >= 11 is 0. The molecule has 0 amide bonds. The van der Waals surface area contributed by atoms with Gasteiger partial charge in [0, 0.05) is 26.2 Å². The molecule has 0 saturated carbocycles. The minimum absolute atomic E-state index is 0.275. The molecule has 0 bridgehead atoms. The van der Waals surface area contributed by atoms with Gasteiger partial charge < -0.3 is 15.4 Å². The molecule has 0 spiro atoms. The Morgan fingerprint density at radius 1 is 1.35 bits per heavy atom. The maximum atomic E-state index is 6.30. The third-order valence-electron chi connectivity index (χ3n) is 4.14. The van der Waals surface area contributed by atoms with Crippen molar-refractivity contribution in [2.75, 3.05) is 33.4 Å². The number of aryl methyl sites for hydroxylation is 1. The van der Waals surface area contributed by atoms with E-state index in [1.165, 1.54) is 24.9 Å². The van der Waals surface area contributed by atoms with Gasteiger partial charge in [0.2, 0.25) is 0 Å². The molecule has 3 heteroatoms. The predicted molar refractivity (Wildman–Crippen MR) is 83.8 cm³/mol. The van der Waals surface area contributed by atoms with E-state index in [1.807, 2.05) is 0 Å². The lowest BCUT2D eigenvalue weighted by molar-refractivity contribution is 0.0874. The number of ether oxygens (including phenoxy) is 1. The fourth-order valence-corrected chi connectivity index (χ4v) is 3.11. The second-order valence-corrected chi connectivity index (χ2v) is 6.01. The van der Waals surface area contributed by atoms with E-state index in [9.17, 15) is 0 Å². The molecule has 0 aromatic heterocycles. The summed E-state index contributed by atoms with van der Waals surface area (Å²) in [5.74, 6) is 0.690. The van der Waals surface area contributed by atoms with Crippen LogP contribution in [0.5, 0.6) is 0 Å². The first-order chi connectivity index (χ1) is 9.78. The van der Waals surface area contributed by atoms with Gasteiger partial charge in [0.05, 0.1) is 6.61 Å². The lowest BCUT2D eigenvalue weighted by atomic mass is 9.98. The number of hydrogen-bond acceptors (Lipinski definition) is 3. The summed E-state index contributed by atoms with van der Waals surface area (Å²) < 4.78 is 5.28.